The van der Waals surface area contributed by atoms with Crippen LogP contribution in [0.4, 0.5) is 15.8 Å². The molecule has 0 aliphatic carbocycles. The normalized spacial score (nSPS) is 10.8. The fraction of sp³-hybridized carbons (Fsp3) is 0.0588. The molecular weight excluding hydrogens is 317 g/mol. The van der Waals surface area contributed by atoms with E-state index in [1.165, 1.54) is 24.4 Å². The Morgan fingerprint density at radius 3 is 2.74 bits per heavy atom. The molecule has 0 aliphatic heterocycles. The number of nitrogens with one attached hydrogen (secondary N) is 2. The van der Waals surface area contributed by atoms with Crippen LogP contribution in [0.25, 0.3) is 0 Å². The van der Waals surface area contributed by atoms with Gasteiger partial charge in [0.2, 0.25) is 0 Å². The lowest BCUT2D eigenvalue weighted by Gasteiger charge is -2.09. The van der Waals surface area contributed by atoms with Crippen molar-refractivity contribution in [2.75, 3.05) is 10.6 Å². The van der Waals surface area contributed by atoms with Crippen LogP contribution in [0.3, 0.4) is 0 Å². The Hall–Kier alpha value is -2.84. The molecule has 0 atom stereocenters. The Balaban J connectivity index is 2.14. The lowest BCUT2D eigenvalue weighted by Crippen LogP contribution is -2.15. The second kappa shape index (κ2) is 7.43. The number of carbonyl (C=O) groups is 1. The number of nitrogens with zero attached hydrogens (tertiary/aromatic N) is 1. The molecule has 2 aromatic carbocycles. The lowest BCUT2D eigenvalue weighted by atomic mass is 10.2. The van der Waals surface area contributed by atoms with Crippen LogP contribution in [0, 0.1) is 24.1 Å². The zero-order valence-electron chi connectivity index (χ0n) is 12.2. The number of anilines is 2. The van der Waals surface area contributed by atoms with Crippen molar-refractivity contribution in [3.8, 4) is 6.07 Å². The summed E-state index contributed by atoms with van der Waals surface area (Å²) in [5, 5.41) is 15.0. The molecule has 0 fully saturated rings. The highest BCUT2D eigenvalue weighted by atomic mass is 35.5. The Morgan fingerprint density at radius 1 is 1.30 bits per heavy atom. The van der Waals surface area contributed by atoms with Crippen LogP contribution in [0.5, 0.6) is 0 Å². The summed E-state index contributed by atoms with van der Waals surface area (Å²) < 4.78 is 13.1. The van der Waals surface area contributed by atoms with Crippen LogP contribution in [-0.2, 0) is 4.79 Å². The molecule has 6 heteroatoms. The van der Waals surface area contributed by atoms with Gasteiger partial charge in [0.05, 0.1) is 0 Å². The summed E-state index contributed by atoms with van der Waals surface area (Å²) in [7, 11) is 0. The van der Waals surface area contributed by atoms with E-state index in [0.29, 0.717) is 22.0 Å². The minimum atomic E-state index is -0.582. The summed E-state index contributed by atoms with van der Waals surface area (Å²) in [6, 6.07) is 12.6. The van der Waals surface area contributed by atoms with Crippen molar-refractivity contribution >= 4 is 28.9 Å². The van der Waals surface area contributed by atoms with E-state index >= 15 is 0 Å². The molecule has 0 radical (unpaired) electrons. The first-order chi connectivity index (χ1) is 11.0. The predicted octanol–water partition coefficient (Wildman–Crippen LogP) is 4.25. The van der Waals surface area contributed by atoms with Crippen molar-refractivity contribution in [2.45, 2.75) is 6.92 Å². The maximum Gasteiger partial charge on any atom is 0.267 e. The number of nitriles is 1. The summed E-state index contributed by atoms with van der Waals surface area (Å²) in [6.07, 6.45) is 1.23. The second-order valence-corrected chi connectivity index (χ2v) is 5.10. The Bertz CT molecular complexity index is 812. The maximum absolute atomic E-state index is 13.1. The predicted molar refractivity (Wildman–Crippen MR) is 88.5 cm³/mol. The SMILES string of the molecule is Cc1c(Cl)cccc1NC(=O)/C(C#N)=C\Nc1cccc(F)c1. The molecule has 0 heterocycles. The molecule has 23 heavy (non-hydrogen) atoms. The molecule has 0 saturated heterocycles. The van der Waals surface area contributed by atoms with Gasteiger partial charge in [-0.3, -0.25) is 4.79 Å². The Morgan fingerprint density at radius 2 is 2.04 bits per heavy atom. The first-order valence-corrected chi connectivity index (χ1v) is 7.08. The van der Waals surface area contributed by atoms with Gasteiger partial charge in [-0.15, -0.1) is 0 Å². The van der Waals surface area contributed by atoms with Crippen molar-refractivity contribution in [1.29, 1.82) is 5.26 Å². The first-order valence-electron chi connectivity index (χ1n) is 6.70. The summed E-state index contributed by atoms with van der Waals surface area (Å²) >= 11 is 5.99. The molecule has 0 aromatic heterocycles. The van der Waals surface area contributed by atoms with Crippen LogP contribution >= 0.6 is 11.6 Å². The Labute approximate surface area is 138 Å². The van der Waals surface area contributed by atoms with Gasteiger partial charge in [0.1, 0.15) is 17.5 Å². The van der Waals surface area contributed by atoms with Gasteiger partial charge >= 0.3 is 0 Å². The largest absolute Gasteiger partial charge is 0.360 e. The van der Waals surface area contributed by atoms with E-state index in [1.807, 2.05) is 0 Å². The van der Waals surface area contributed by atoms with E-state index in [9.17, 15) is 9.18 Å². The topological polar surface area (TPSA) is 64.9 Å². The zero-order chi connectivity index (χ0) is 16.8. The van der Waals surface area contributed by atoms with E-state index in [0.717, 1.165) is 0 Å². The third kappa shape index (κ3) is 4.31. The van der Waals surface area contributed by atoms with Crippen molar-refractivity contribution in [2.24, 2.45) is 0 Å². The van der Waals surface area contributed by atoms with Gasteiger partial charge in [0.15, 0.2) is 0 Å². The lowest BCUT2D eigenvalue weighted by molar-refractivity contribution is -0.112. The number of benzene rings is 2. The quantitative estimate of drug-likeness (QED) is 0.651. The van der Waals surface area contributed by atoms with Crippen LogP contribution in [0.1, 0.15) is 5.56 Å². The minimum Gasteiger partial charge on any atom is -0.360 e. The van der Waals surface area contributed by atoms with Crippen LogP contribution in [0.2, 0.25) is 5.02 Å². The van der Waals surface area contributed by atoms with Gasteiger partial charge < -0.3 is 10.6 Å². The zero-order valence-corrected chi connectivity index (χ0v) is 13.0. The van der Waals surface area contributed by atoms with Crippen molar-refractivity contribution in [1.82, 2.24) is 0 Å². The molecule has 2 aromatic rings. The standard InChI is InChI=1S/C17H13ClFN3O/c1-11-15(18)6-3-7-16(11)22-17(23)12(9-20)10-21-14-5-2-4-13(19)8-14/h2-8,10,21H,1H3,(H,22,23)/b12-10-. The molecule has 0 spiro atoms. The molecule has 116 valence electrons. The number of rotatable bonds is 4. The third-order valence-corrected chi connectivity index (χ3v) is 3.50. The van der Waals surface area contributed by atoms with Gasteiger partial charge in [-0.1, -0.05) is 23.7 Å². The molecule has 1 amide bonds. The number of halogens is 2. The average Bonchev–Trinajstić information content (AvgIpc) is 2.52. The van der Waals surface area contributed by atoms with Gasteiger partial charge in [-0.25, -0.2) is 4.39 Å². The highest BCUT2D eigenvalue weighted by molar-refractivity contribution is 6.31. The molecule has 0 aliphatic rings. The third-order valence-electron chi connectivity index (χ3n) is 3.09. The first kappa shape index (κ1) is 16.5. The number of hydrogen-bond donors (Lipinski definition) is 2. The summed E-state index contributed by atoms with van der Waals surface area (Å²) in [5.74, 6) is -0.998. The van der Waals surface area contributed by atoms with E-state index in [4.69, 9.17) is 16.9 Å². The molecular formula is C17H13ClFN3O. The molecule has 0 unspecified atom stereocenters. The van der Waals surface area contributed by atoms with Gasteiger partial charge in [-0.2, -0.15) is 5.26 Å². The van der Waals surface area contributed by atoms with Gasteiger partial charge in [-0.05, 0) is 42.8 Å². The Kier molecular flexibility index (Phi) is 5.34. The maximum atomic E-state index is 13.1. The van der Waals surface area contributed by atoms with E-state index in [-0.39, 0.29) is 5.57 Å². The number of amides is 1. The monoisotopic (exact) mass is 329 g/mol. The highest BCUT2D eigenvalue weighted by Crippen LogP contribution is 2.23. The number of hydrogen-bond acceptors (Lipinski definition) is 3. The molecule has 0 saturated carbocycles. The van der Waals surface area contributed by atoms with E-state index < -0.39 is 11.7 Å². The van der Waals surface area contributed by atoms with Crippen LogP contribution in [0.15, 0.2) is 54.2 Å². The van der Waals surface area contributed by atoms with Crippen LogP contribution in [-0.4, -0.2) is 5.91 Å². The van der Waals surface area contributed by atoms with Crippen molar-refractivity contribution < 1.29 is 9.18 Å². The smallest absolute Gasteiger partial charge is 0.267 e. The second-order valence-electron chi connectivity index (χ2n) is 4.69. The molecule has 2 rings (SSSR count). The van der Waals surface area contributed by atoms with Crippen molar-refractivity contribution in [3.63, 3.8) is 0 Å². The van der Waals surface area contributed by atoms with Crippen molar-refractivity contribution in [3.05, 3.63) is 70.6 Å². The minimum absolute atomic E-state index is 0.145. The summed E-state index contributed by atoms with van der Waals surface area (Å²) in [4.78, 5) is 12.1. The van der Waals surface area contributed by atoms with Gasteiger partial charge in [0.25, 0.3) is 5.91 Å². The highest BCUT2D eigenvalue weighted by Gasteiger charge is 2.11. The molecule has 0 bridgehead atoms. The molecule has 2 N–H and O–H groups in total. The van der Waals surface area contributed by atoms with Crippen LogP contribution < -0.4 is 10.6 Å². The fourth-order valence-electron chi connectivity index (χ4n) is 1.81. The van der Waals surface area contributed by atoms with E-state index in [1.54, 1.807) is 37.3 Å². The summed E-state index contributed by atoms with van der Waals surface area (Å²) in [6.45, 7) is 1.76. The van der Waals surface area contributed by atoms with E-state index in [2.05, 4.69) is 10.6 Å². The fourth-order valence-corrected chi connectivity index (χ4v) is 1.99. The average molecular weight is 330 g/mol. The summed E-state index contributed by atoms with van der Waals surface area (Å²) in [5.41, 5.74) is 1.52. The number of carbonyl (C=O) groups excluding carboxylic acids is 1. The molecule has 4 nitrogen and oxygen atoms in total. The van der Waals surface area contributed by atoms with Gasteiger partial charge in [0, 0.05) is 22.6 Å².